The van der Waals surface area contributed by atoms with Crippen molar-refractivity contribution in [1.82, 2.24) is 4.90 Å². The van der Waals surface area contributed by atoms with Crippen LogP contribution in [0.25, 0.3) is 0 Å². The minimum absolute atomic E-state index is 0.0143. The summed E-state index contributed by atoms with van der Waals surface area (Å²) >= 11 is 0. The Morgan fingerprint density at radius 3 is 2.76 bits per heavy atom. The standard InChI is InChI=1S/C12H17FN2O2/c1-15(6-7-16)5-4-12(17)9-2-3-10(13)11(14)8-9/h2-3,8,16H,4-7,14H2,1H3. The summed E-state index contributed by atoms with van der Waals surface area (Å²) in [4.78, 5) is 13.6. The van der Waals surface area contributed by atoms with Crippen LogP contribution in [0.3, 0.4) is 0 Å². The van der Waals surface area contributed by atoms with Crippen molar-refractivity contribution in [2.45, 2.75) is 6.42 Å². The van der Waals surface area contributed by atoms with Crippen molar-refractivity contribution in [1.29, 1.82) is 0 Å². The van der Waals surface area contributed by atoms with Gasteiger partial charge >= 0.3 is 0 Å². The molecule has 0 heterocycles. The van der Waals surface area contributed by atoms with Crippen LogP contribution >= 0.6 is 0 Å². The molecule has 0 fully saturated rings. The van der Waals surface area contributed by atoms with E-state index in [1.54, 1.807) is 0 Å². The number of Topliss-reactive ketones (excluding diaryl/α,β-unsaturated/α-hetero) is 1. The first-order valence-corrected chi connectivity index (χ1v) is 5.42. The van der Waals surface area contributed by atoms with Gasteiger partial charge in [-0.2, -0.15) is 0 Å². The number of aliphatic hydroxyl groups excluding tert-OH is 1. The van der Waals surface area contributed by atoms with E-state index in [2.05, 4.69) is 0 Å². The molecular formula is C12H17FN2O2. The summed E-state index contributed by atoms with van der Waals surface area (Å²) in [6.45, 7) is 1.14. The average molecular weight is 240 g/mol. The summed E-state index contributed by atoms with van der Waals surface area (Å²) in [5, 5.41) is 8.70. The molecule has 0 unspecified atom stereocenters. The van der Waals surface area contributed by atoms with Crippen LogP contribution < -0.4 is 5.73 Å². The Balaban J connectivity index is 2.55. The summed E-state index contributed by atoms with van der Waals surface area (Å²) in [6.07, 6.45) is 0.321. The molecule has 0 spiro atoms. The zero-order chi connectivity index (χ0) is 12.8. The second-order valence-corrected chi connectivity index (χ2v) is 3.94. The van der Waals surface area contributed by atoms with E-state index in [4.69, 9.17) is 10.8 Å². The van der Waals surface area contributed by atoms with Crippen molar-refractivity contribution in [3.63, 3.8) is 0 Å². The number of carbonyl (C=O) groups excluding carboxylic acids is 1. The Morgan fingerprint density at radius 2 is 2.18 bits per heavy atom. The van der Waals surface area contributed by atoms with Crippen molar-refractivity contribution in [2.75, 3.05) is 32.5 Å². The number of rotatable bonds is 6. The molecule has 94 valence electrons. The monoisotopic (exact) mass is 240 g/mol. The fraction of sp³-hybridized carbons (Fsp3) is 0.417. The van der Waals surface area contributed by atoms with Crippen molar-refractivity contribution in [3.05, 3.63) is 29.6 Å². The third-order valence-electron chi connectivity index (χ3n) is 2.52. The number of carbonyl (C=O) groups is 1. The third-order valence-corrected chi connectivity index (χ3v) is 2.52. The van der Waals surface area contributed by atoms with E-state index in [0.717, 1.165) is 0 Å². The van der Waals surface area contributed by atoms with Gasteiger partial charge in [-0.15, -0.1) is 0 Å². The highest BCUT2D eigenvalue weighted by Crippen LogP contribution is 2.13. The lowest BCUT2D eigenvalue weighted by Crippen LogP contribution is -2.25. The van der Waals surface area contributed by atoms with Gasteiger partial charge in [-0.3, -0.25) is 4.79 Å². The molecule has 0 aliphatic heterocycles. The van der Waals surface area contributed by atoms with Crippen LogP contribution in [0.15, 0.2) is 18.2 Å². The van der Waals surface area contributed by atoms with Crippen LogP contribution in [0.1, 0.15) is 16.8 Å². The molecule has 0 amide bonds. The fourth-order valence-corrected chi connectivity index (χ4v) is 1.44. The SMILES string of the molecule is CN(CCO)CCC(=O)c1ccc(F)c(N)c1. The minimum atomic E-state index is -0.515. The summed E-state index contributed by atoms with van der Waals surface area (Å²) in [5.41, 5.74) is 5.79. The third kappa shape index (κ3) is 4.13. The molecule has 0 bridgehead atoms. The molecule has 0 radical (unpaired) electrons. The first kappa shape index (κ1) is 13.6. The van der Waals surface area contributed by atoms with Crippen molar-refractivity contribution < 1.29 is 14.3 Å². The number of nitrogens with two attached hydrogens (primary N) is 1. The number of nitrogen functional groups attached to an aromatic ring is 1. The number of anilines is 1. The number of likely N-dealkylation sites (N-methyl/N-ethyl adjacent to an activating group) is 1. The van der Waals surface area contributed by atoms with Crippen molar-refractivity contribution >= 4 is 11.5 Å². The maximum Gasteiger partial charge on any atom is 0.164 e. The quantitative estimate of drug-likeness (QED) is 0.573. The molecule has 0 aliphatic rings. The number of hydrogen-bond acceptors (Lipinski definition) is 4. The molecule has 17 heavy (non-hydrogen) atoms. The summed E-state index contributed by atoms with van der Waals surface area (Å²) in [5.74, 6) is -0.597. The lowest BCUT2D eigenvalue weighted by molar-refractivity contribution is 0.0964. The van der Waals surface area contributed by atoms with Crippen LogP contribution in [0.4, 0.5) is 10.1 Å². The number of aliphatic hydroxyl groups is 1. The Morgan fingerprint density at radius 1 is 1.47 bits per heavy atom. The van der Waals surface area contributed by atoms with Gasteiger partial charge in [0.15, 0.2) is 5.78 Å². The van der Waals surface area contributed by atoms with Gasteiger partial charge < -0.3 is 15.7 Å². The summed E-state index contributed by atoms with van der Waals surface area (Å²) < 4.78 is 12.9. The Bertz CT molecular complexity index is 396. The van der Waals surface area contributed by atoms with Crippen LogP contribution in [-0.2, 0) is 0 Å². The number of hydrogen-bond donors (Lipinski definition) is 2. The molecular weight excluding hydrogens is 223 g/mol. The van der Waals surface area contributed by atoms with Gasteiger partial charge in [-0.25, -0.2) is 4.39 Å². The number of nitrogens with zero attached hydrogens (tertiary/aromatic N) is 1. The van der Waals surface area contributed by atoms with Crippen LogP contribution in [-0.4, -0.2) is 42.5 Å². The first-order chi connectivity index (χ1) is 8.04. The van der Waals surface area contributed by atoms with Gasteiger partial charge in [0.05, 0.1) is 12.3 Å². The molecule has 4 nitrogen and oxygen atoms in total. The summed E-state index contributed by atoms with van der Waals surface area (Å²) in [7, 11) is 1.82. The molecule has 0 saturated carbocycles. The Hall–Kier alpha value is -1.46. The van der Waals surface area contributed by atoms with Crippen molar-refractivity contribution in [3.8, 4) is 0 Å². The van der Waals surface area contributed by atoms with E-state index >= 15 is 0 Å². The molecule has 0 saturated heterocycles. The Kier molecular flexibility index (Phi) is 5.06. The zero-order valence-electron chi connectivity index (χ0n) is 9.82. The maximum atomic E-state index is 12.9. The van der Waals surface area contributed by atoms with Gasteiger partial charge in [0, 0.05) is 25.1 Å². The second-order valence-electron chi connectivity index (χ2n) is 3.94. The van der Waals surface area contributed by atoms with Crippen LogP contribution in [0.2, 0.25) is 0 Å². The van der Waals surface area contributed by atoms with Crippen LogP contribution in [0.5, 0.6) is 0 Å². The second kappa shape index (κ2) is 6.32. The van der Waals surface area contributed by atoms with E-state index in [9.17, 15) is 9.18 Å². The molecule has 1 aromatic carbocycles. The average Bonchev–Trinajstić information content (AvgIpc) is 2.30. The number of ketones is 1. The maximum absolute atomic E-state index is 12.9. The van der Waals surface area contributed by atoms with Gasteiger partial charge in [-0.1, -0.05) is 0 Å². The first-order valence-electron chi connectivity index (χ1n) is 5.42. The number of benzene rings is 1. The van der Waals surface area contributed by atoms with Gasteiger partial charge in [0.2, 0.25) is 0 Å². The molecule has 1 rings (SSSR count). The molecule has 3 N–H and O–H groups in total. The Labute approximate surface area is 99.8 Å². The fourth-order valence-electron chi connectivity index (χ4n) is 1.44. The van der Waals surface area contributed by atoms with Gasteiger partial charge in [0.1, 0.15) is 5.82 Å². The molecule has 0 aliphatic carbocycles. The minimum Gasteiger partial charge on any atom is -0.396 e. The van der Waals surface area contributed by atoms with Crippen molar-refractivity contribution in [2.24, 2.45) is 0 Å². The summed E-state index contributed by atoms with van der Waals surface area (Å²) in [6, 6.07) is 3.98. The molecule has 1 aromatic rings. The largest absolute Gasteiger partial charge is 0.396 e. The highest BCUT2D eigenvalue weighted by Gasteiger charge is 2.09. The predicted octanol–water partition coefficient (Wildman–Crippen LogP) is 0.905. The van der Waals surface area contributed by atoms with E-state index in [1.807, 2.05) is 11.9 Å². The van der Waals surface area contributed by atoms with Gasteiger partial charge in [-0.05, 0) is 25.2 Å². The van der Waals surface area contributed by atoms with E-state index in [-0.39, 0.29) is 18.1 Å². The number of halogens is 1. The lowest BCUT2D eigenvalue weighted by atomic mass is 10.1. The van der Waals surface area contributed by atoms with Gasteiger partial charge in [0.25, 0.3) is 0 Å². The lowest BCUT2D eigenvalue weighted by Gasteiger charge is -2.14. The predicted molar refractivity (Wildman–Crippen MR) is 64.3 cm³/mol. The highest BCUT2D eigenvalue weighted by atomic mass is 19.1. The zero-order valence-corrected chi connectivity index (χ0v) is 9.82. The van der Waals surface area contributed by atoms with E-state index in [0.29, 0.717) is 25.1 Å². The molecule has 0 atom stereocenters. The highest BCUT2D eigenvalue weighted by molar-refractivity contribution is 5.96. The van der Waals surface area contributed by atoms with E-state index < -0.39 is 5.82 Å². The smallest absolute Gasteiger partial charge is 0.164 e. The van der Waals surface area contributed by atoms with E-state index in [1.165, 1.54) is 18.2 Å². The molecule has 0 aromatic heterocycles. The molecule has 5 heteroatoms. The topological polar surface area (TPSA) is 66.6 Å². The normalized spacial score (nSPS) is 10.8. The van der Waals surface area contributed by atoms with Crippen LogP contribution in [0, 0.1) is 5.82 Å².